The van der Waals surface area contributed by atoms with Crippen molar-refractivity contribution in [2.45, 2.75) is 0 Å². The summed E-state index contributed by atoms with van der Waals surface area (Å²) >= 11 is 0. The molecule has 2 rings (SSSR count). The second kappa shape index (κ2) is 5.82. The summed E-state index contributed by atoms with van der Waals surface area (Å²) in [5.41, 5.74) is 0. The standard InChI is InChI=1S/C5H4N.C3H3N3/c1-2-4-6-5-3-1;1-4-2-6-3-5-1/h1-4H;1-3H/q+1;. The van der Waals surface area contributed by atoms with Gasteiger partial charge in [-0.25, -0.2) is 15.0 Å². The van der Waals surface area contributed by atoms with E-state index in [0.29, 0.717) is 0 Å². The molecule has 1 aliphatic rings. The van der Waals surface area contributed by atoms with Crippen molar-refractivity contribution in [1.82, 2.24) is 15.0 Å². The van der Waals surface area contributed by atoms with Gasteiger partial charge >= 0.3 is 0 Å². The Balaban J connectivity index is 0.000000120. The van der Waals surface area contributed by atoms with Crippen LogP contribution in [-0.4, -0.2) is 21.2 Å². The molecule has 2 heterocycles. The van der Waals surface area contributed by atoms with Gasteiger partial charge in [0.05, 0.1) is 12.2 Å². The second-order valence-corrected chi connectivity index (χ2v) is 1.75. The highest BCUT2D eigenvalue weighted by Gasteiger charge is 1.79. The molecule has 0 radical (unpaired) electrons. The molecule has 0 fully saturated rings. The monoisotopic (exact) mass is 159 g/mol. The maximum absolute atomic E-state index is 3.66. The Labute approximate surface area is 70.4 Å². The lowest BCUT2D eigenvalue weighted by Gasteiger charge is -1.69. The van der Waals surface area contributed by atoms with Crippen molar-refractivity contribution in [2.24, 2.45) is 4.99 Å². The van der Waals surface area contributed by atoms with Crippen LogP contribution in [0.15, 0.2) is 42.2 Å². The van der Waals surface area contributed by atoms with Crippen LogP contribution >= 0.6 is 0 Å². The Morgan fingerprint density at radius 2 is 1.50 bits per heavy atom. The molecule has 1 aliphatic heterocycles. The summed E-state index contributed by atoms with van der Waals surface area (Å²) in [4.78, 5) is 14.3. The number of rotatable bonds is 0. The number of aromatic nitrogens is 3. The second-order valence-electron chi connectivity index (χ2n) is 1.75. The molecule has 4 nitrogen and oxygen atoms in total. The average Bonchev–Trinajstić information content (AvgIpc) is 2.24. The molecule has 0 aliphatic carbocycles. The molecule has 4 heteroatoms. The number of nitrogens with zero attached hydrogens (tertiary/aromatic N) is 4. The van der Waals surface area contributed by atoms with Crippen molar-refractivity contribution in [2.75, 3.05) is 0 Å². The van der Waals surface area contributed by atoms with Gasteiger partial charge in [-0.2, -0.15) is 0 Å². The average molecular weight is 159 g/mol. The lowest BCUT2D eigenvalue weighted by atomic mass is 10.4. The summed E-state index contributed by atoms with van der Waals surface area (Å²) in [6.45, 7) is 0. The van der Waals surface area contributed by atoms with Crippen molar-refractivity contribution < 1.29 is 0 Å². The van der Waals surface area contributed by atoms with E-state index in [9.17, 15) is 0 Å². The van der Waals surface area contributed by atoms with Crippen LogP contribution in [0.25, 0.3) is 0 Å². The molecule has 0 aromatic carbocycles. The minimum Gasteiger partial charge on any atom is -0.225 e. The van der Waals surface area contributed by atoms with Crippen LogP contribution in [0.2, 0.25) is 0 Å². The molecule has 0 amide bonds. The van der Waals surface area contributed by atoms with Crippen LogP contribution < -0.4 is 0 Å². The van der Waals surface area contributed by atoms with Gasteiger partial charge in [0.2, 0.25) is 0 Å². The maximum Gasteiger partial charge on any atom is 0.156 e. The molecule has 0 N–H and O–H groups in total. The molecule has 0 atom stereocenters. The summed E-state index contributed by atoms with van der Waals surface area (Å²) in [5, 5.41) is 0. The third-order valence-corrected chi connectivity index (χ3v) is 0.917. The lowest BCUT2D eigenvalue weighted by molar-refractivity contribution is 1.05. The fourth-order valence-corrected chi connectivity index (χ4v) is 0.482. The third kappa shape index (κ3) is 3.98. The minimum absolute atomic E-state index is 1.44. The first-order valence-corrected chi connectivity index (χ1v) is 3.32. The van der Waals surface area contributed by atoms with Crippen LogP contribution in [0.5, 0.6) is 0 Å². The Kier molecular flexibility index (Phi) is 3.97. The summed E-state index contributed by atoms with van der Waals surface area (Å²) in [6.07, 6.45) is 14.2. The van der Waals surface area contributed by atoms with E-state index in [2.05, 4.69) is 26.1 Å². The number of allylic oxidation sites excluding steroid dienone is 3. The van der Waals surface area contributed by atoms with Crippen molar-refractivity contribution in [3.8, 4) is 0 Å². The maximum atomic E-state index is 3.66. The van der Waals surface area contributed by atoms with E-state index >= 15 is 0 Å². The van der Waals surface area contributed by atoms with Crippen LogP contribution in [0.3, 0.4) is 0 Å². The number of hydrogen-bond donors (Lipinski definition) is 0. The fraction of sp³-hybridized carbons (Fsp3) is 0. The molecule has 0 spiro atoms. The molecule has 1 aromatic rings. The van der Waals surface area contributed by atoms with E-state index in [1.807, 2.05) is 12.2 Å². The first-order chi connectivity index (χ1) is 6.00. The zero-order valence-corrected chi connectivity index (χ0v) is 6.33. The molecule has 0 unspecified atom stereocenters. The van der Waals surface area contributed by atoms with E-state index < -0.39 is 0 Å². The molecule has 12 heavy (non-hydrogen) atoms. The topological polar surface area (TPSA) is 51.0 Å². The number of hydrogen-bond acceptors (Lipinski definition) is 4. The smallest absolute Gasteiger partial charge is 0.156 e. The first kappa shape index (κ1) is 8.17. The van der Waals surface area contributed by atoms with Crippen LogP contribution in [0.1, 0.15) is 0 Å². The van der Waals surface area contributed by atoms with Crippen LogP contribution in [0, 0.1) is 6.20 Å². The quantitative estimate of drug-likeness (QED) is 0.526. The van der Waals surface area contributed by atoms with Gasteiger partial charge in [-0.15, -0.1) is 0 Å². The van der Waals surface area contributed by atoms with Gasteiger partial charge in [0.25, 0.3) is 0 Å². The molecule has 0 bridgehead atoms. The predicted octanol–water partition coefficient (Wildman–Crippen LogP) is 0.815. The van der Waals surface area contributed by atoms with Crippen molar-refractivity contribution in [3.05, 3.63) is 43.4 Å². The van der Waals surface area contributed by atoms with E-state index in [4.69, 9.17) is 0 Å². The van der Waals surface area contributed by atoms with Gasteiger partial charge in [-0.05, 0) is 0 Å². The Hall–Kier alpha value is -1.93. The molecule has 0 saturated carbocycles. The zero-order chi connectivity index (χ0) is 8.49. The molecule has 58 valence electrons. The Bertz CT molecular complexity index is 214. The normalized spacial score (nSPS) is 11.3. The van der Waals surface area contributed by atoms with Crippen molar-refractivity contribution in [1.29, 1.82) is 0 Å². The van der Waals surface area contributed by atoms with E-state index in [-0.39, 0.29) is 0 Å². The largest absolute Gasteiger partial charge is 0.225 e. The summed E-state index contributed by atoms with van der Waals surface area (Å²) in [7, 11) is 0. The van der Waals surface area contributed by atoms with Crippen molar-refractivity contribution >= 4 is 6.21 Å². The van der Waals surface area contributed by atoms with Crippen LogP contribution in [-0.2, 0) is 0 Å². The molecule has 0 saturated heterocycles. The summed E-state index contributed by atoms with van der Waals surface area (Å²) in [5.74, 6) is 0. The summed E-state index contributed by atoms with van der Waals surface area (Å²) in [6, 6.07) is 0. The van der Waals surface area contributed by atoms with Crippen LogP contribution in [0.4, 0.5) is 0 Å². The molecular formula is C8H7N4+. The SMILES string of the molecule is [C+]1=CC=CC=N1.c1ncncn1. The van der Waals surface area contributed by atoms with Gasteiger partial charge in [0.1, 0.15) is 31.3 Å². The Morgan fingerprint density at radius 3 is 1.67 bits per heavy atom. The van der Waals surface area contributed by atoms with Crippen molar-refractivity contribution in [3.63, 3.8) is 0 Å². The van der Waals surface area contributed by atoms with Gasteiger partial charge in [-0.3, -0.25) is 0 Å². The van der Waals surface area contributed by atoms with Gasteiger partial charge in [-0.1, -0.05) is 4.99 Å². The van der Waals surface area contributed by atoms with E-state index in [0.717, 1.165) is 0 Å². The third-order valence-electron chi connectivity index (χ3n) is 0.917. The number of aliphatic imine (C=N–C) groups is 1. The van der Waals surface area contributed by atoms with Gasteiger partial charge in [0.15, 0.2) is 6.20 Å². The molecular weight excluding hydrogens is 152 g/mol. The Morgan fingerprint density at radius 1 is 0.833 bits per heavy atom. The summed E-state index contributed by atoms with van der Waals surface area (Å²) < 4.78 is 0. The van der Waals surface area contributed by atoms with Gasteiger partial charge < -0.3 is 0 Å². The highest BCUT2D eigenvalue weighted by Crippen LogP contribution is 1.80. The van der Waals surface area contributed by atoms with E-state index in [1.54, 1.807) is 12.3 Å². The first-order valence-electron chi connectivity index (χ1n) is 3.32. The zero-order valence-electron chi connectivity index (χ0n) is 6.33. The highest BCUT2D eigenvalue weighted by atomic mass is 14.9. The van der Waals surface area contributed by atoms with E-state index in [1.165, 1.54) is 19.0 Å². The highest BCUT2D eigenvalue weighted by molar-refractivity contribution is 5.72. The van der Waals surface area contributed by atoms with Gasteiger partial charge in [0, 0.05) is 0 Å². The molecule has 1 aromatic heterocycles. The lowest BCUT2D eigenvalue weighted by Crippen LogP contribution is -1.73. The fourth-order valence-electron chi connectivity index (χ4n) is 0.482. The predicted molar refractivity (Wildman–Crippen MR) is 45.3 cm³/mol. The minimum atomic E-state index is 1.44.